The van der Waals surface area contributed by atoms with Crippen LogP contribution in [0.4, 0.5) is 4.39 Å². The number of hydrogen-bond donors (Lipinski definition) is 0. The summed E-state index contributed by atoms with van der Waals surface area (Å²) in [5, 5.41) is 9.12. The predicted molar refractivity (Wildman–Crippen MR) is 71.7 cm³/mol. The van der Waals surface area contributed by atoms with Crippen LogP contribution in [-0.4, -0.2) is 39.1 Å². The second-order valence-electron chi connectivity index (χ2n) is 4.88. The molecular formula is C14H15FN4O2. The monoisotopic (exact) mass is 290 g/mol. The van der Waals surface area contributed by atoms with Gasteiger partial charge in [-0.2, -0.15) is 0 Å². The van der Waals surface area contributed by atoms with Crippen molar-refractivity contribution in [3.8, 4) is 0 Å². The van der Waals surface area contributed by atoms with Crippen molar-refractivity contribution in [3.63, 3.8) is 0 Å². The minimum atomic E-state index is -0.282. The number of nitrogens with zero attached hydrogens (tertiary/aromatic N) is 4. The molecule has 0 spiro atoms. The van der Waals surface area contributed by atoms with E-state index >= 15 is 0 Å². The molecule has 1 aromatic carbocycles. The van der Waals surface area contributed by atoms with Gasteiger partial charge in [0.2, 0.25) is 0 Å². The molecule has 0 N–H and O–H groups in total. The summed E-state index contributed by atoms with van der Waals surface area (Å²) in [6.45, 7) is 1.56. The largest absolute Gasteiger partial charge is 0.299 e. The quantitative estimate of drug-likeness (QED) is 0.862. The fourth-order valence-electron chi connectivity index (χ4n) is 2.14. The van der Waals surface area contributed by atoms with Gasteiger partial charge in [-0.25, -0.2) is 14.1 Å². The number of rotatable bonds is 3. The molecular weight excluding hydrogens is 275 g/mol. The Morgan fingerprint density at radius 1 is 1.29 bits per heavy atom. The van der Waals surface area contributed by atoms with Crippen LogP contribution in [0.15, 0.2) is 30.5 Å². The SMILES string of the molecule is O=C(c1cn(Cc2ccc(F)cc2)nn1)N1CCCCO1. The summed E-state index contributed by atoms with van der Waals surface area (Å²) >= 11 is 0. The van der Waals surface area contributed by atoms with Crippen LogP contribution in [0.25, 0.3) is 0 Å². The van der Waals surface area contributed by atoms with Gasteiger partial charge in [0.05, 0.1) is 19.3 Å². The minimum Gasteiger partial charge on any atom is -0.271 e. The molecule has 110 valence electrons. The van der Waals surface area contributed by atoms with E-state index in [2.05, 4.69) is 10.3 Å². The molecule has 1 saturated heterocycles. The smallest absolute Gasteiger partial charge is 0.271 e. The van der Waals surface area contributed by atoms with Gasteiger partial charge in [-0.3, -0.25) is 9.63 Å². The Balaban J connectivity index is 1.68. The van der Waals surface area contributed by atoms with Crippen LogP contribution in [-0.2, 0) is 11.4 Å². The second kappa shape index (κ2) is 6.01. The maximum Gasteiger partial charge on any atom is 0.299 e. The van der Waals surface area contributed by atoms with E-state index in [9.17, 15) is 9.18 Å². The zero-order chi connectivity index (χ0) is 14.7. The highest BCUT2D eigenvalue weighted by molar-refractivity contribution is 5.91. The molecule has 1 aliphatic heterocycles. The number of hydrogen-bond acceptors (Lipinski definition) is 4. The lowest BCUT2D eigenvalue weighted by molar-refractivity contribution is -0.144. The predicted octanol–water partition coefficient (Wildman–Crippen LogP) is 1.63. The lowest BCUT2D eigenvalue weighted by atomic mass is 10.2. The molecule has 0 radical (unpaired) electrons. The molecule has 0 unspecified atom stereocenters. The van der Waals surface area contributed by atoms with Crippen LogP contribution in [0, 0.1) is 5.82 Å². The lowest BCUT2D eigenvalue weighted by Gasteiger charge is -2.24. The summed E-state index contributed by atoms with van der Waals surface area (Å²) in [4.78, 5) is 17.4. The van der Waals surface area contributed by atoms with Gasteiger partial charge in [0.25, 0.3) is 5.91 Å². The second-order valence-corrected chi connectivity index (χ2v) is 4.88. The van der Waals surface area contributed by atoms with Crippen molar-refractivity contribution in [1.29, 1.82) is 0 Å². The number of benzene rings is 1. The first kappa shape index (κ1) is 13.7. The summed E-state index contributed by atoms with van der Waals surface area (Å²) in [6, 6.07) is 6.12. The molecule has 21 heavy (non-hydrogen) atoms. The van der Waals surface area contributed by atoms with Gasteiger partial charge in [0.15, 0.2) is 5.69 Å². The van der Waals surface area contributed by atoms with Gasteiger partial charge in [-0.1, -0.05) is 17.3 Å². The summed E-state index contributed by atoms with van der Waals surface area (Å²) < 4.78 is 14.4. The van der Waals surface area contributed by atoms with Crippen LogP contribution in [0.2, 0.25) is 0 Å². The third kappa shape index (κ3) is 3.25. The van der Waals surface area contributed by atoms with Crippen LogP contribution >= 0.6 is 0 Å². The summed E-state index contributed by atoms with van der Waals surface area (Å²) in [7, 11) is 0. The molecule has 1 amide bonds. The average molecular weight is 290 g/mol. The van der Waals surface area contributed by atoms with E-state index in [1.807, 2.05) is 0 Å². The normalized spacial score (nSPS) is 15.2. The Morgan fingerprint density at radius 2 is 2.10 bits per heavy atom. The summed E-state index contributed by atoms with van der Waals surface area (Å²) in [5.74, 6) is -0.560. The minimum absolute atomic E-state index is 0.249. The lowest BCUT2D eigenvalue weighted by Crippen LogP contribution is -2.35. The first-order valence-corrected chi connectivity index (χ1v) is 6.82. The zero-order valence-corrected chi connectivity index (χ0v) is 11.4. The molecule has 0 bridgehead atoms. The van der Waals surface area contributed by atoms with Gasteiger partial charge in [-0.05, 0) is 30.5 Å². The first-order valence-electron chi connectivity index (χ1n) is 6.82. The van der Waals surface area contributed by atoms with Gasteiger partial charge in [0, 0.05) is 6.54 Å². The third-order valence-corrected chi connectivity index (χ3v) is 3.24. The molecule has 3 rings (SSSR count). The Labute approximate surface area is 121 Å². The highest BCUT2D eigenvalue weighted by atomic mass is 19.1. The standard InChI is InChI=1S/C14H15FN4O2/c15-12-5-3-11(4-6-12)9-18-10-13(16-17-18)14(20)19-7-1-2-8-21-19/h3-6,10H,1-2,7-9H2. The molecule has 0 aliphatic carbocycles. The van der Waals surface area contributed by atoms with E-state index < -0.39 is 0 Å². The Bertz CT molecular complexity index is 620. The van der Waals surface area contributed by atoms with Crippen molar-refractivity contribution in [1.82, 2.24) is 20.1 Å². The van der Waals surface area contributed by atoms with Crippen molar-refractivity contribution in [2.45, 2.75) is 19.4 Å². The van der Waals surface area contributed by atoms with Gasteiger partial charge < -0.3 is 0 Å². The van der Waals surface area contributed by atoms with Crippen LogP contribution in [0.1, 0.15) is 28.9 Å². The number of carbonyl (C=O) groups excluding carboxylic acids is 1. The van der Waals surface area contributed by atoms with Crippen molar-refractivity contribution in [2.75, 3.05) is 13.2 Å². The van der Waals surface area contributed by atoms with Crippen molar-refractivity contribution in [3.05, 3.63) is 47.5 Å². The summed E-state index contributed by atoms with van der Waals surface area (Å²) in [6.07, 6.45) is 3.46. The van der Waals surface area contributed by atoms with E-state index in [4.69, 9.17) is 4.84 Å². The molecule has 2 aromatic rings. The summed E-state index contributed by atoms with van der Waals surface area (Å²) in [5.41, 5.74) is 1.13. The number of aromatic nitrogens is 3. The number of carbonyl (C=O) groups is 1. The molecule has 1 aromatic heterocycles. The van der Waals surface area contributed by atoms with Gasteiger partial charge >= 0.3 is 0 Å². The van der Waals surface area contributed by atoms with E-state index in [1.165, 1.54) is 17.2 Å². The first-order chi connectivity index (χ1) is 10.2. The number of halogens is 1. The van der Waals surface area contributed by atoms with Crippen molar-refractivity contribution >= 4 is 5.91 Å². The molecule has 1 aliphatic rings. The zero-order valence-electron chi connectivity index (χ0n) is 11.4. The maximum atomic E-state index is 12.8. The molecule has 7 heteroatoms. The Morgan fingerprint density at radius 3 is 2.81 bits per heavy atom. The fourth-order valence-corrected chi connectivity index (χ4v) is 2.14. The van der Waals surface area contributed by atoms with Crippen LogP contribution < -0.4 is 0 Å². The highest BCUT2D eigenvalue weighted by Gasteiger charge is 2.22. The number of amides is 1. The molecule has 0 atom stereocenters. The molecule has 1 fully saturated rings. The Kier molecular flexibility index (Phi) is 3.92. The van der Waals surface area contributed by atoms with Crippen molar-refractivity contribution in [2.24, 2.45) is 0 Å². The van der Waals surface area contributed by atoms with E-state index in [-0.39, 0.29) is 17.4 Å². The van der Waals surface area contributed by atoms with Crippen LogP contribution in [0.3, 0.4) is 0 Å². The highest BCUT2D eigenvalue weighted by Crippen LogP contribution is 2.10. The van der Waals surface area contributed by atoms with E-state index in [1.54, 1.807) is 23.0 Å². The van der Waals surface area contributed by atoms with Gasteiger partial charge in [-0.15, -0.1) is 5.10 Å². The van der Waals surface area contributed by atoms with Crippen molar-refractivity contribution < 1.29 is 14.0 Å². The fraction of sp³-hybridized carbons (Fsp3) is 0.357. The topological polar surface area (TPSA) is 60.2 Å². The molecule has 6 nitrogen and oxygen atoms in total. The number of hydroxylamine groups is 2. The third-order valence-electron chi connectivity index (χ3n) is 3.24. The Hall–Kier alpha value is -2.28. The van der Waals surface area contributed by atoms with E-state index in [0.29, 0.717) is 19.7 Å². The van der Waals surface area contributed by atoms with Crippen LogP contribution in [0.5, 0.6) is 0 Å². The molecule has 2 heterocycles. The maximum absolute atomic E-state index is 12.8. The average Bonchev–Trinajstić information content (AvgIpc) is 2.98. The van der Waals surface area contributed by atoms with E-state index in [0.717, 1.165) is 18.4 Å². The molecule has 0 saturated carbocycles. The van der Waals surface area contributed by atoms with Gasteiger partial charge in [0.1, 0.15) is 5.82 Å².